The molecular weight excluding hydrogens is 386 g/mol. The lowest BCUT2D eigenvalue weighted by atomic mass is 10.2. The van der Waals surface area contributed by atoms with Crippen LogP contribution in [0.5, 0.6) is 11.5 Å². The van der Waals surface area contributed by atoms with E-state index in [1.54, 1.807) is 0 Å². The Kier molecular flexibility index (Phi) is 8.18. The molecule has 2 fully saturated rings. The van der Waals surface area contributed by atoms with Crippen LogP contribution in [-0.4, -0.2) is 82.2 Å². The second-order valence-electron chi connectivity index (χ2n) is 7.78. The Labute approximate surface area is 179 Å². The largest absolute Gasteiger partial charge is 0.492 e. The number of nitrogens with one attached hydrogen (secondary N) is 1. The number of ether oxygens (including phenoxy) is 4. The van der Waals surface area contributed by atoms with Gasteiger partial charge < -0.3 is 29.2 Å². The molecule has 2 aliphatic rings. The van der Waals surface area contributed by atoms with Gasteiger partial charge in [0.05, 0.1) is 56.6 Å². The van der Waals surface area contributed by atoms with Gasteiger partial charge in [-0.3, -0.25) is 9.69 Å². The molecule has 2 atom stereocenters. The van der Waals surface area contributed by atoms with Crippen molar-refractivity contribution >= 4 is 17.3 Å². The summed E-state index contributed by atoms with van der Waals surface area (Å²) in [4.78, 5) is 17.1. The summed E-state index contributed by atoms with van der Waals surface area (Å²) in [6.07, 6.45) is 0.246. The number of hydrogen-bond acceptors (Lipinski definition) is 7. The van der Waals surface area contributed by atoms with Gasteiger partial charge in [-0.2, -0.15) is 0 Å². The Morgan fingerprint density at radius 3 is 2.33 bits per heavy atom. The summed E-state index contributed by atoms with van der Waals surface area (Å²) in [5.74, 6) is 1.32. The van der Waals surface area contributed by atoms with Gasteiger partial charge >= 0.3 is 0 Å². The lowest BCUT2D eigenvalue weighted by Crippen LogP contribution is -2.48. The van der Waals surface area contributed by atoms with Crippen molar-refractivity contribution < 1.29 is 23.7 Å². The van der Waals surface area contributed by atoms with Gasteiger partial charge in [0, 0.05) is 38.3 Å². The van der Waals surface area contributed by atoms with Gasteiger partial charge in [0.2, 0.25) is 5.91 Å². The molecule has 3 rings (SSSR count). The van der Waals surface area contributed by atoms with Crippen molar-refractivity contribution in [3.63, 3.8) is 0 Å². The number of rotatable bonds is 8. The number of benzene rings is 1. The quantitative estimate of drug-likeness (QED) is 0.691. The van der Waals surface area contributed by atoms with Crippen molar-refractivity contribution in [1.29, 1.82) is 0 Å². The standard InChI is InChI=1S/C22H35N3O5/c1-5-28-20-12-19(25-7-9-27-10-8-25)21(29-6-2)11-18(20)23-22(26)15-24-13-16(3)30-17(4)14-24/h11-12,16-17H,5-10,13-15H2,1-4H3,(H,23,26)/t16-,17+. The zero-order valence-electron chi connectivity index (χ0n) is 18.6. The van der Waals surface area contributed by atoms with E-state index >= 15 is 0 Å². The maximum atomic E-state index is 12.8. The molecule has 8 heteroatoms. The number of hydrogen-bond donors (Lipinski definition) is 1. The molecule has 0 bridgehead atoms. The third-order valence-corrected chi connectivity index (χ3v) is 5.15. The number of nitrogens with zero attached hydrogens (tertiary/aromatic N) is 2. The zero-order valence-corrected chi connectivity index (χ0v) is 18.6. The van der Waals surface area contributed by atoms with E-state index in [0.29, 0.717) is 44.4 Å². The van der Waals surface area contributed by atoms with E-state index in [2.05, 4.69) is 15.1 Å². The van der Waals surface area contributed by atoms with E-state index in [9.17, 15) is 4.79 Å². The maximum absolute atomic E-state index is 12.8. The van der Waals surface area contributed by atoms with E-state index < -0.39 is 0 Å². The Balaban J connectivity index is 1.78. The van der Waals surface area contributed by atoms with Crippen LogP contribution in [0.1, 0.15) is 27.7 Å². The predicted octanol–water partition coefficient (Wildman–Crippen LogP) is 2.37. The van der Waals surface area contributed by atoms with Gasteiger partial charge in [0.1, 0.15) is 11.5 Å². The van der Waals surface area contributed by atoms with E-state index in [0.717, 1.165) is 37.6 Å². The van der Waals surface area contributed by atoms with Gasteiger partial charge in [-0.05, 0) is 27.7 Å². The summed E-state index contributed by atoms with van der Waals surface area (Å²) < 4.78 is 23.0. The molecule has 1 aromatic carbocycles. The van der Waals surface area contributed by atoms with Crippen LogP contribution in [0, 0.1) is 0 Å². The first-order valence-electron chi connectivity index (χ1n) is 10.9. The van der Waals surface area contributed by atoms with Crippen molar-refractivity contribution in [1.82, 2.24) is 4.90 Å². The first-order chi connectivity index (χ1) is 14.5. The SMILES string of the molecule is CCOc1cc(N2CCOCC2)c(OCC)cc1NC(=O)CN1C[C@@H](C)O[C@@H](C)C1. The molecule has 0 aliphatic carbocycles. The minimum atomic E-state index is -0.0705. The molecule has 0 radical (unpaired) electrons. The van der Waals surface area contributed by atoms with Crippen molar-refractivity contribution in [3.8, 4) is 11.5 Å². The molecule has 1 N–H and O–H groups in total. The normalized spacial score (nSPS) is 22.6. The molecule has 30 heavy (non-hydrogen) atoms. The Bertz CT molecular complexity index is 698. The highest BCUT2D eigenvalue weighted by atomic mass is 16.5. The number of carbonyl (C=O) groups is 1. The molecule has 8 nitrogen and oxygen atoms in total. The highest BCUT2D eigenvalue weighted by Gasteiger charge is 2.25. The second kappa shape index (κ2) is 10.8. The molecule has 2 heterocycles. The number of carbonyl (C=O) groups excluding carboxylic acids is 1. The fourth-order valence-electron chi connectivity index (χ4n) is 4.05. The van der Waals surface area contributed by atoms with E-state index in [1.165, 1.54) is 0 Å². The van der Waals surface area contributed by atoms with Crippen LogP contribution in [0.4, 0.5) is 11.4 Å². The van der Waals surface area contributed by atoms with Crippen molar-refractivity contribution in [2.75, 3.05) is 69.4 Å². The van der Waals surface area contributed by atoms with Gasteiger partial charge in [-0.25, -0.2) is 0 Å². The third-order valence-electron chi connectivity index (χ3n) is 5.15. The summed E-state index contributed by atoms with van der Waals surface area (Å²) in [6, 6.07) is 3.84. The monoisotopic (exact) mass is 421 g/mol. The summed E-state index contributed by atoms with van der Waals surface area (Å²) in [6.45, 7) is 13.8. The van der Waals surface area contributed by atoms with Crippen LogP contribution < -0.4 is 19.7 Å². The number of morpholine rings is 2. The van der Waals surface area contributed by atoms with Crippen LogP contribution >= 0.6 is 0 Å². The van der Waals surface area contributed by atoms with Crippen LogP contribution in [0.2, 0.25) is 0 Å². The Morgan fingerprint density at radius 1 is 1.07 bits per heavy atom. The molecule has 1 aromatic rings. The molecule has 0 saturated carbocycles. The first-order valence-corrected chi connectivity index (χ1v) is 10.9. The molecule has 0 spiro atoms. The molecule has 168 valence electrons. The van der Waals surface area contributed by atoms with Crippen molar-refractivity contribution in [3.05, 3.63) is 12.1 Å². The molecule has 2 saturated heterocycles. The minimum Gasteiger partial charge on any atom is -0.492 e. The smallest absolute Gasteiger partial charge is 0.238 e. The van der Waals surface area contributed by atoms with E-state index in [-0.39, 0.29) is 18.1 Å². The maximum Gasteiger partial charge on any atom is 0.238 e. The highest BCUT2D eigenvalue weighted by molar-refractivity contribution is 5.94. The average molecular weight is 422 g/mol. The van der Waals surface area contributed by atoms with E-state index in [4.69, 9.17) is 18.9 Å². The van der Waals surface area contributed by atoms with Gasteiger partial charge in [-0.15, -0.1) is 0 Å². The van der Waals surface area contributed by atoms with Crippen molar-refractivity contribution in [2.24, 2.45) is 0 Å². The first kappa shape index (κ1) is 22.7. The van der Waals surface area contributed by atoms with Crippen molar-refractivity contribution in [2.45, 2.75) is 39.9 Å². The summed E-state index contributed by atoms with van der Waals surface area (Å²) in [7, 11) is 0. The Morgan fingerprint density at radius 2 is 1.70 bits per heavy atom. The molecular formula is C22H35N3O5. The van der Waals surface area contributed by atoms with Crippen LogP contribution in [-0.2, 0) is 14.3 Å². The summed E-state index contributed by atoms with van der Waals surface area (Å²) in [5, 5.41) is 3.03. The predicted molar refractivity (Wildman–Crippen MR) is 117 cm³/mol. The molecule has 0 unspecified atom stereocenters. The fraction of sp³-hybridized carbons (Fsp3) is 0.682. The highest BCUT2D eigenvalue weighted by Crippen LogP contribution is 2.39. The molecule has 1 amide bonds. The van der Waals surface area contributed by atoms with Gasteiger partial charge in [-0.1, -0.05) is 0 Å². The summed E-state index contributed by atoms with van der Waals surface area (Å²) in [5.41, 5.74) is 1.61. The average Bonchev–Trinajstić information content (AvgIpc) is 2.70. The lowest BCUT2D eigenvalue weighted by molar-refractivity contribution is -0.121. The topological polar surface area (TPSA) is 72.5 Å². The minimum absolute atomic E-state index is 0.0705. The van der Waals surface area contributed by atoms with Gasteiger partial charge in [0.25, 0.3) is 0 Å². The van der Waals surface area contributed by atoms with Crippen LogP contribution in [0.25, 0.3) is 0 Å². The number of anilines is 2. The Hall–Kier alpha value is -2.03. The molecule has 0 aromatic heterocycles. The van der Waals surface area contributed by atoms with Crippen LogP contribution in [0.15, 0.2) is 12.1 Å². The van der Waals surface area contributed by atoms with Gasteiger partial charge in [0.15, 0.2) is 0 Å². The third kappa shape index (κ3) is 6.00. The summed E-state index contributed by atoms with van der Waals surface area (Å²) >= 11 is 0. The number of amides is 1. The lowest BCUT2D eigenvalue weighted by Gasteiger charge is -2.34. The molecule has 2 aliphatic heterocycles. The van der Waals surface area contributed by atoms with Crippen LogP contribution in [0.3, 0.4) is 0 Å². The fourth-order valence-corrected chi connectivity index (χ4v) is 4.05. The second-order valence-corrected chi connectivity index (χ2v) is 7.78. The van der Waals surface area contributed by atoms with E-state index in [1.807, 2.05) is 39.8 Å². The zero-order chi connectivity index (χ0) is 21.5.